The van der Waals surface area contributed by atoms with Gasteiger partial charge in [-0.2, -0.15) is 0 Å². The lowest BCUT2D eigenvalue weighted by Crippen LogP contribution is -2.40. The third kappa shape index (κ3) is 5.26. The van der Waals surface area contributed by atoms with E-state index in [1.807, 2.05) is 36.0 Å². The number of hydrogen-bond acceptors (Lipinski definition) is 5. The topological polar surface area (TPSA) is 87.5 Å². The molecule has 8 nitrogen and oxygen atoms in total. The van der Waals surface area contributed by atoms with Crippen LogP contribution in [0.5, 0.6) is 0 Å². The van der Waals surface area contributed by atoms with Gasteiger partial charge in [-0.1, -0.05) is 12.2 Å². The molecule has 4 heterocycles. The summed E-state index contributed by atoms with van der Waals surface area (Å²) in [6.45, 7) is 3.23. The van der Waals surface area contributed by atoms with Crippen LogP contribution in [0.15, 0.2) is 47.8 Å². The number of aryl methyl sites for hydroxylation is 1. The number of nitrogens with one attached hydrogen (secondary N) is 1. The number of piperidine rings is 1. The fraction of sp³-hybridized carbons (Fsp3) is 0.520. The van der Waals surface area contributed by atoms with Crippen molar-refractivity contribution in [1.82, 2.24) is 24.7 Å². The molecule has 3 aliphatic rings. The summed E-state index contributed by atoms with van der Waals surface area (Å²) in [5, 5.41) is 2.99. The van der Waals surface area contributed by atoms with E-state index in [0.717, 1.165) is 30.7 Å². The van der Waals surface area contributed by atoms with Crippen molar-refractivity contribution in [3.63, 3.8) is 0 Å². The number of ketones is 1. The summed E-state index contributed by atoms with van der Waals surface area (Å²) in [5.74, 6) is 0.521. The first-order valence-electron chi connectivity index (χ1n) is 11.9. The fourth-order valence-electron chi connectivity index (χ4n) is 4.72. The molecule has 0 radical (unpaired) electrons. The normalized spacial score (nSPS) is 19.6. The van der Waals surface area contributed by atoms with Crippen LogP contribution in [0.1, 0.15) is 68.9 Å². The molecule has 1 saturated heterocycles. The Morgan fingerprint density at radius 3 is 2.67 bits per heavy atom. The van der Waals surface area contributed by atoms with Crippen molar-refractivity contribution in [1.29, 1.82) is 0 Å². The monoisotopic (exact) mass is 451 g/mol. The van der Waals surface area contributed by atoms with Crippen LogP contribution < -0.4 is 5.32 Å². The maximum absolute atomic E-state index is 12.7. The van der Waals surface area contributed by atoms with E-state index >= 15 is 0 Å². The number of hydrogen-bond donors (Lipinski definition) is 1. The Hall–Kier alpha value is -3.16. The van der Waals surface area contributed by atoms with Gasteiger partial charge in [0.2, 0.25) is 11.7 Å². The van der Waals surface area contributed by atoms with Gasteiger partial charge in [-0.15, -0.1) is 0 Å². The highest BCUT2D eigenvalue weighted by Crippen LogP contribution is 2.26. The van der Waals surface area contributed by atoms with E-state index in [0.29, 0.717) is 56.7 Å². The predicted molar refractivity (Wildman–Crippen MR) is 124 cm³/mol. The quantitative estimate of drug-likeness (QED) is 0.671. The van der Waals surface area contributed by atoms with Crippen molar-refractivity contribution in [3.8, 4) is 0 Å². The van der Waals surface area contributed by atoms with Gasteiger partial charge in [0.15, 0.2) is 5.82 Å². The van der Waals surface area contributed by atoms with E-state index in [2.05, 4.69) is 16.4 Å². The van der Waals surface area contributed by atoms with Crippen LogP contribution in [0.3, 0.4) is 0 Å². The van der Waals surface area contributed by atoms with Crippen LogP contribution >= 0.6 is 0 Å². The molecule has 0 bridgehead atoms. The summed E-state index contributed by atoms with van der Waals surface area (Å²) in [7, 11) is 1.83. The smallest absolute Gasteiger partial charge is 0.272 e. The van der Waals surface area contributed by atoms with Gasteiger partial charge in [0.05, 0.1) is 0 Å². The number of carbonyl (C=O) groups is 3. The summed E-state index contributed by atoms with van der Waals surface area (Å²) in [5.41, 5.74) is 2.59. The van der Waals surface area contributed by atoms with E-state index < -0.39 is 0 Å². The molecule has 4 rings (SSSR count). The van der Waals surface area contributed by atoms with Gasteiger partial charge < -0.3 is 19.7 Å². The Labute approximate surface area is 195 Å². The van der Waals surface area contributed by atoms with Crippen molar-refractivity contribution >= 4 is 17.6 Å². The summed E-state index contributed by atoms with van der Waals surface area (Å²) < 4.78 is 1.75. The molecular weight excluding hydrogens is 418 g/mol. The van der Waals surface area contributed by atoms with E-state index in [1.54, 1.807) is 17.0 Å². The second kappa shape index (κ2) is 10.2. The number of imidazole rings is 1. The highest BCUT2D eigenvalue weighted by atomic mass is 16.2. The second-order valence-corrected chi connectivity index (χ2v) is 9.08. The number of carbonyl (C=O) groups excluding carboxylic acids is 3. The zero-order valence-corrected chi connectivity index (χ0v) is 19.5. The lowest BCUT2D eigenvalue weighted by atomic mass is 9.92. The Morgan fingerprint density at radius 2 is 1.94 bits per heavy atom. The summed E-state index contributed by atoms with van der Waals surface area (Å²) >= 11 is 0. The number of rotatable bonds is 6. The van der Waals surface area contributed by atoms with Gasteiger partial charge in [-0.3, -0.25) is 14.4 Å². The molecule has 0 unspecified atom stereocenters. The minimum absolute atomic E-state index is 0.0663. The third-order valence-corrected chi connectivity index (χ3v) is 6.71. The first kappa shape index (κ1) is 23.0. The van der Waals surface area contributed by atoms with E-state index in [-0.39, 0.29) is 23.5 Å². The number of fused-ring (bicyclic) bond motifs is 1. The fourth-order valence-corrected chi connectivity index (χ4v) is 4.72. The number of likely N-dealkylation sites (tertiary alicyclic amines) is 1. The van der Waals surface area contributed by atoms with Gasteiger partial charge in [0, 0.05) is 62.5 Å². The Morgan fingerprint density at radius 1 is 1.18 bits per heavy atom. The maximum Gasteiger partial charge on any atom is 0.272 e. The van der Waals surface area contributed by atoms with Gasteiger partial charge in [0.1, 0.15) is 5.70 Å². The summed E-state index contributed by atoms with van der Waals surface area (Å²) in [4.78, 5) is 46.0. The average molecular weight is 452 g/mol. The Kier molecular flexibility index (Phi) is 7.11. The predicted octanol–water partition coefficient (Wildman–Crippen LogP) is 3.26. The van der Waals surface area contributed by atoms with Gasteiger partial charge in [-0.05, 0) is 51.9 Å². The van der Waals surface area contributed by atoms with Crippen LogP contribution in [-0.4, -0.2) is 50.0 Å². The zero-order valence-electron chi connectivity index (χ0n) is 19.5. The third-order valence-electron chi connectivity index (χ3n) is 6.71. The van der Waals surface area contributed by atoms with Crippen LogP contribution in [0.2, 0.25) is 0 Å². The molecule has 1 aromatic heterocycles. The molecule has 3 aliphatic heterocycles. The molecule has 2 amide bonds. The van der Waals surface area contributed by atoms with E-state index in [9.17, 15) is 14.4 Å². The summed E-state index contributed by atoms with van der Waals surface area (Å²) in [6, 6.07) is 0. The van der Waals surface area contributed by atoms with Crippen LogP contribution in [0.25, 0.3) is 0 Å². The number of nitrogens with zero attached hydrogens (tertiary/aromatic N) is 4. The van der Waals surface area contributed by atoms with Crippen LogP contribution in [0, 0.1) is 5.92 Å². The Balaban J connectivity index is 1.26. The lowest BCUT2D eigenvalue weighted by Gasteiger charge is -2.32. The maximum atomic E-state index is 12.7. The van der Waals surface area contributed by atoms with Crippen molar-refractivity contribution in [2.24, 2.45) is 13.0 Å². The second-order valence-electron chi connectivity index (χ2n) is 9.08. The molecule has 0 atom stereocenters. The van der Waals surface area contributed by atoms with Gasteiger partial charge >= 0.3 is 0 Å². The van der Waals surface area contributed by atoms with Gasteiger partial charge in [-0.25, -0.2) is 4.98 Å². The van der Waals surface area contributed by atoms with E-state index in [4.69, 9.17) is 0 Å². The highest BCUT2D eigenvalue weighted by molar-refractivity contribution is 5.96. The van der Waals surface area contributed by atoms with Crippen LogP contribution in [-0.2, 0) is 16.6 Å². The zero-order chi connectivity index (χ0) is 23.4. The molecule has 33 heavy (non-hydrogen) atoms. The molecule has 0 aromatic carbocycles. The summed E-state index contributed by atoms with van der Waals surface area (Å²) in [6.07, 6.45) is 15.6. The molecule has 8 heteroatoms. The molecular formula is C25H33N5O3. The van der Waals surface area contributed by atoms with Gasteiger partial charge in [0.25, 0.3) is 5.91 Å². The SMILES string of the molecule is CC1=CCCCC=C2C(=O)NC(CCCC(=O)N3CCC(C(=O)c4nccn4C)CC3)=CN12. The molecule has 0 aliphatic carbocycles. The first-order valence-corrected chi connectivity index (χ1v) is 11.9. The van der Waals surface area contributed by atoms with Crippen molar-refractivity contribution in [3.05, 3.63) is 53.7 Å². The van der Waals surface area contributed by atoms with Crippen LogP contribution in [0.4, 0.5) is 0 Å². The number of allylic oxidation sites excluding steroid dienone is 4. The molecule has 1 fully saturated rings. The number of aromatic nitrogens is 2. The molecule has 176 valence electrons. The highest BCUT2D eigenvalue weighted by Gasteiger charge is 2.30. The Bertz CT molecular complexity index is 1010. The average Bonchev–Trinajstić information content (AvgIpc) is 3.23. The lowest BCUT2D eigenvalue weighted by molar-refractivity contribution is -0.132. The molecule has 0 spiro atoms. The number of amides is 2. The minimum Gasteiger partial charge on any atom is -0.343 e. The number of Topliss-reactive ketones (excluding diaryl/α,β-unsaturated/α-hetero) is 1. The first-order chi connectivity index (χ1) is 15.9. The largest absolute Gasteiger partial charge is 0.343 e. The standard InChI is InChI=1S/C25H33N5O3/c1-18-7-4-3-5-9-21-25(33)27-20(17-30(18)21)8-6-10-22(31)29-14-11-19(12-15-29)23(32)24-26-13-16-28(24)2/h7,9,13,16-17,19H,3-6,8,10-12,14-15H2,1-2H3,(H,27,33). The molecule has 0 saturated carbocycles. The van der Waals surface area contributed by atoms with E-state index in [1.165, 1.54) is 0 Å². The molecule has 1 aromatic rings. The minimum atomic E-state index is -0.0760. The van der Waals surface area contributed by atoms with Crippen molar-refractivity contribution in [2.75, 3.05) is 13.1 Å². The van der Waals surface area contributed by atoms with Crippen molar-refractivity contribution < 1.29 is 14.4 Å². The van der Waals surface area contributed by atoms with Crippen molar-refractivity contribution in [2.45, 2.75) is 58.3 Å². The molecule has 1 N–H and O–H groups in total.